The number of carbonyl (C=O) groups is 1. The summed E-state index contributed by atoms with van der Waals surface area (Å²) in [5, 5.41) is 0. The van der Waals surface area contributed by atoms with E-state index in [1.54, 1.807) is 19.2 Å². The molecule has 0 unspecified atom stereocenters. The number of carbonyl (C=O) groups excluding carboxylic acids is 1. The lowest BCUT2D eigenvalue weighted by Gasteiger charge is -2.10. The molecule has 0 radical (unpaired) electrons. The van der Waals surface area contributed by atoms with Gasteiger partial charge in [0.15, 0.2) is 0 Å². The van der Waals surface area contributed by atoms with Crippen molar-refractivity contribution in [1.82, 2.24) is 0 Å². The molecule has 1 atom stereocenters. The molecule has 1 aromatic carbocycles. The Morgan fingerprint density at radius 2 is 2.00 bits per heavy atom. The van der Waals surface area contributed by atoms with Crippen LogP contribution in [0, 0.1) is 0 Å². The number of benzene rings is 1. The van der Waals surface area contributed by atoms with E-state index < -0.39 is 6.04 Å². The summed E-state index contributed by atoms with van der Waals surface area (Å²) in [7, 11) is 2.90. The van der Waals surface area contributed by atoms with Crippen LogP contribution < -0.4 is 10.5 Å². The van der Waals surface area contributed by atoms with Gasteiger partial charge in [0.1, 0.15) is 5.75 Å². The van der Waals surface area contributed by atoms with E-state index in [0.29, 0.717) is 5.75 Å². The maximum Gasteiger partial charge on any atom is 0.369 e. The first-order valence-corrected chi connectivity index (χ1v) is 4.24. The molecule has 0 aliphatic rings. The molecule has 0 saturated heterocycles. The van der Waals surface area contributed by atoms with Crippen molar-refractivity contribution in [2.75, 3.05) is 14.2 Å². The second-order valence-electron chi connectivity index (χ2n) is 2.82. The minimum absolute atomic E-state index is 0.366. The van der Waals surface area contributed by atoms with E-state index in [1.165, 1.54) is 7.11 Å². The molecule has 4 heteroatoms. The van der Waals surface area contributed by atoms with Crippen molar-refractivity contribution < 1.29 is 20.0 Å². The fourth-order valence-corrected chi connectivity index (χ4v) is 1.22. The molecule has 14 heavy (non-hydrogen) atoms. The Bertz CT molecular complexity index is 325. The molecule has 0 amide bonds. The van der Waals surface area contributed by atoms with Crippen molar-refractivity contribution in [1.29, 1.82) is 0 Å². The quantitative estimate of drug-likeness (QED) is 0.700. The third-order valence-electron chi connectivity index (χ3n) is 2.00. The highest BCUT2D eigenvalue weighted by molar-refractivity contribution is 5.76. The summed E-state index contributed by atoms with van der Waals surface area (Å²) in [6.07, 6.45) is 0. The maximum absolute atomic E-state index is 11.2. The van der Waals surface area contributed by atoms with Crippen LogP contribution in [0.25, 0.3) is 0 Å². The lowest BCUT2D eigenvalue weighted by Crippen LogP contribution is -2.57. The van der Waals surface area contributed by atoms with Crippen LogP contribution in [-0.4, -0.2) is 20.2 Å². The zero-order chi connectivity index (χ0) is 10.6. The number of hydrogen-bond donors (Lipinski definition) is 1. The summed E-state index contributed by atoms with van der Waals surface area (Å²) in [5.41, 5.74) is 4.47. The zero-order valence-corrected chi connectivity index (χ0v) is 8.32. The minimum atomic E-state index is -0.545. The van der Waals surface area contributed by atoms with Crippen molar-refractivity contribution >= 4 is 5.97 Å². The number of ether oxygens (including phenoxy) is 2. The smallest absolute Gasteiger partial charge is 0.369 e. The highest BCUT2D eigenvalue weighted by Gasteiger charge is 2.23. The van der Waals surface area contributed by atoms with Gasteiger partial charge in [-0.2, -0.15) is 0 Å². The van der Waals surface area contributed by atoms with Gasteiger partial charge in [0.25, 0.3) is 0 Å². The van der Waals surface area contributed by atoms with Crippen molar-refractivity contribution in [2.45, 2.75) is 6.04 Å². The van der Waals surface area contributed by atoms with Crippen LogP contribution in [0.5, 0.6) is 5.75 Å². The van der Waals surface area contributed by atoms with Gasteiger partial charge in [-0.3, -0.25) is 0 Å². The number of esters is 1. The van der Waals surface area contributed by atoms with Gasteiger partial charge in [-0.1, -0.05) is 12.1 Å². The number of rotatable bonds is 3. The van der Waals surface area contributed by atoms with Gasteiger partial charge in [0, 0.05) is 0 Å². The molecule has 1 rings (SSSR count). The molecule has 1 aromatic rings. The van der Waals surface area contributed by atoms with Gasteiger partial charge in [0.2, 0.25) is 6.04 Å². The molecule has 0 fully saturated rings. The highest BCUT2D eigenvalue weighted by Crippen LogP contribution is 2.22. The van der Waals surface area contributed by atoms with Crippen LogP contribution in [0.1, 0.15) is 11.6 Å². The standard InChI is InChI=1S/C10H13NO3/c1-13-8-6-4-3-5-7(8)9(11)10(12)14-2/h3-6,9H,11H2,1-2H3/p+1/t9-/m1/s1. The molecule has 0 aliphatic carbocycles. The molecule has 0 saturated carbocycles. The van der Waals surface area contributed by atoms with E-state index >= 15 is 0 Å². The van der Waals surface area contributed by atoms with E-state index in [-0.39, 0.29) is 5.97 Å². The summed E-state index contributed by atoms with van der Waals surface area (Å²) in [4.78, 5) is 11.2. The molecule has 0 spiro atoms. The Hall–Kier alpha value is -1.55. The summed E-state index contributed by atoms with van der Waals surface area (Å²) in [6, 6.07) is 6.71. The van der Waals surface area contributed by atoms with Crippen LogP contribution in [0.3, 0.4) is 0 Å². The Morgan fingerprint density at radius 3 is 2.57 bits per heavy atom. The predicted molar refractivity (Wildman–Crippen MR) is 50.6 cm³/mol. The number of quaternary nitrogens is 1. The fraction of sp³-hybridized carbons (Fsp3) is 0.300. The van der Waals surface area contributed by atoms with Crippen molar-refractivity contribution in [3.05, 3.63) is 29.8 Å². The lowest BCUT2D eigenvalue weighted by molar-refractivity contribution is -0.414. The van der Waals surface area contributed by atoms with Crippen LogP contribution in [0.15, 0.2) is 24.3 Å². The topological polar surface area (TPSA) is 63.2 Å². The third kappa shape index (κ3) is 2.03. The Labute approximate surface area is 82.6 Å². The Kier molecular flexibility index (Phi) is 3.48. The average molecular weight is 196 g/mol. The average Bonchev–Trinajstić information content (AvgIpc) is 2.26. The maximum atomic E-state index is 11.2. The number of para-hydroxylation sites is 1. The molecule has 0 bridgehead atoms. The summed E-state index contributed by atoms with van der Waals surface area (Å²) >= 11 is 0. The van der Waals surface area contributed by atoms with Crippen LogP contribution >= 0.6 is 0 Å². The molecule has 4 nitrogen and oxygen atoms in total. The monoisotopic (exact) mass is 196 g/mol. The summed E-state index contributed by atoms with van der Waals surface area (Å²) in [5.74, 6) is 0.285. The second kappa shape index (κ2) is 4.62. The van der Waals surface area contributed by atoms with Gasteiger partial charge in [-0.25, -0.2) is 4.79 Å². The largest absolute Gasteiger partial charge is 0.496 e. The SMILES string of the molecule is COC(=O)[C@H]([NH3+])c1ccccc1OC. The molecule has 3 N–H and O–H groups in total. The van der Waals surface area contributed by atoms with Gasteiger partial charge >= 0.3 is 5.97 Å². The van der Waals surface area contributed by atoms with E-state index in [4.69, 9.17) is 4.74 Å². The molecular weight excluding hydrogens is 182 g/mol. The first kappa shape index (κ1) is 10.5. The third-order valence-corrected chi connectivity index (χ3v) is 2.00. The normalized spacial score (nSPS) is 11.9. The molecule has 0 aromatic heterocycles. The second-order valence-corrected chi connectivity index (χ2v) is 2.82. The van der Waals surface area contributed by atoms with Gasteiger partial charge in [-0.15, -0.1) is 0 Å². The van der Waals surface area contributed by atoms with E-state index in [2.05, 4.69) is 10.5 Å². The minimum Gasteiger partial charge on any atom is -0.496 e. The van der Waals surface area contributed by atoms with Crippen molar-refractivity contribution in [3.8, 4) is 5.75 Å². The van der Waals surface area contributed by atoms with Crippen molar-refractivity contribution in [3.63, 3.8) is 0 Å². The molecular formula is C10H14NO3+. The Morgan fingerprint density at radius 1 is 1.36 bits per heavy atom. The predicted octanol–water partition coefficient (Wildman–Crippen LogP) is 0.151. The zero-order valence-electron chi connectivity index (χ0n) is 8.32. The van der Waals surface area contributed by atoms with Crippen LogP contribution in [0.4, 0.5) is 0 Å². The van der Waals surface area contributed by atoms with Gasteiger partial charge in [-0.05, 0) is 12.1 Å². The first-order chi connectivity index (χ1) is 6.70. The van der Waals surface area contributed by atoms with E-state index in [1.807, 2.05) is 12.1 Å². The van der Waals surface area contributed by atoms with Crippen LogP contribution in [0.2, 0.25) is 0 Å². The molecule has 0 aliphatic heterocycles. The molecule has 0 heterocycles. The van der Waals surface area contributed by atoms with Gasteiger partial charge < -0.3 is 15.2 Å². The van der Waals surface area contributed by atoms with Crippen molar-refractivity contribution in [2.24, 2.45) is 0 Å². The highest BCUT2D eigenvalue weighted by atomic mass is 16.5. The number of hydrogen-bond acceptors (Lipinski definition) is 3. The van der Waals surface area contributed by atoms with Crippen LogP contribution in [-0.2, 0) is 9.53 Å². The van der Waals surface area contributed by atoms with E-state index in [9.17, 15) is 4.79 Å². The lowest BCUT2D eigenvalue weighted by atomic mass is 10.1. The first-order valence-electron chi connectivity index (χ1n) is 4.24. The Balaban J connectivity index is 2.99. The fourth-order valence-electron chi connectivity index (χ4n) is 1.22. The summed E-state index contributed by atoms with van der Waals surface area (Å²) in [6.45, 7) is 0. The molecule has 76 valence electrons. The van der Waals surface area contributed by atoms with E-state index in [0.717, 1.165) is 5.56 Å². The summed E-state index contributed by atoms with van der Waals surface area (Å²) < 4.78 is 9.72. The van der Waals surface area contributed by atoms with Gasteiger partial charge in [0.05, 0.1) is 19.8 Å². The number of methoxy groups -OCH3 is 2.